The van der Waals surface area contributed by atoms with Crippen LogP contribution in [0, 0.1) is 6.92 Å². The summed E-state index contributed by atoms with van der Waals surface area (Å²) < 4.78 is 28.5. The molecule has 2 aliphatic rings. The van der Waals surface area contributed by atoms with Crippen LogP contribution < -0.4 is 15.8 Å². The highest BCUT2D eigenvalue weighted by atomic mass is 35.5. The lowest BCUT2D eigenvalue weighted by molar-refractivity contribution is 0.100. The van der Waals surface area contributed by atoms with Crippen LogP contribution in [0.4, 0.5) is 11.5 Å². The van der Waals surface area contributed by atoms with Crippen molar-refractivity contribution < 1.29 is 8.42 Å². The Morgan fingerprint density at radius 2 is 2.00 bits per heavy atom. The molecule has 3 aromatic rings. The third-order valence-corrected chi connectivity index (χ3v) is 8.13. The van der Waals surface area contributed by atoms with E-state index >= 15 is 0 Å². The number of nitrogens with one attached hydrogen (secondary N) is 2. The molecule has 0 radical (unpaired) electrons. The van der Waals surface area contributed by atoms with Crippen LogP contribution in [0.25, 0.3) is 5.65 Å². The Bertz CT molecular complexity index is 1370. The van der Waals surface area contributed by atoms with Gasteiger partial charge in [0.15, 0.2) is 5.65 Å². The summed E-state index contributed by atoms with van der Waals surface area (Å²) in [6.07, 6.45) is 8.25. The van der Waals surface area contributed by atoms with Gasteiger partial charge < -0.3 is 11.1 Å². The van der Waals surface area contributed by atoms with Crippen molar-refractivity contribution in [2.75, 3.05) is 22.8 Å². The predicted molar refractivity (Wildman–Crippen MR) is 144 cm³/mol. The van der Waals surface area contributed by atoms with Gasteiger partial charge in [0, 0.05) is 41.0 Å². The third kappa shape index (κ3) is 5.32. The van der Waals surface area contributed by atoms with Crippen molar-refractivity contribution in [2.24, 2.45) is 5.73 Å². The molecular formula is C25H34ClN7O2S. The van der Waals surface area contributed by atoms with Crippen molar-refractivity contribution in [1.29, 1.82) is 0 Å². The fourth-order valence-electron chi connectivity index (χ4n) is 5.40. The molecule has 1 aromatic carbocycles. The smallest absolute Gasteiger partial charge is 0.229 e. The molecule has 1 saturated carbocycles. The second-order valence-electron chi connectivity index (χ2n) is 10.2. The zero-order chi connectivity index (χ0) is 25.6. The summed E-state index contributed by atoms with van der Waals surface area (Å²) in [5, 5.41) is 9.02. The first-order chi connectivity index (χ1) is 17.1. The number of anilines is 2. The van der Waals surface area contributed by atoms with E-state index in [0.29, 0.717) is 16.8 Å². The summed E-state index contributed by atoms with van der Waals surface area (Å²) >= 11 is 6.33. The first-order valence-electron chi connectivity index (χ1n) is 12.5. The van der Waals surface area contributed by atoms with Gasteiger partial charge >= 0.3 is 0 Å². The lowest BCUT2D eigenvalue weighted by atomic mass is 9.87. The number of sulfonamides is 1. The Balaban J connectivity index is 1.45. The lowest BCUT2D eigenvalue weighted by Gasteiger charge is -2.39. The van der Waals surface area contributed by atoms with E-state index in [1.54, 1.807) is 12.1 Å². The number of rotatable bonds is 7. The molecule has 2 fully saturated rings. The summed E-state index contributed by atoms with van der Waals surface area (Å²) in [4.78, 5) is 7.26. The molecular weight excluding hydrogens is 498 g/mol. The van der Waals surface area contributed by atoms with Gasteiger partial charge in [0.05, 0.1) is 23.7 Å². The van der Waals surface area contributed by atoms with Gasteiger partial charge in [0.2, 0.25) is 10.0 Å². The van der Waals surface area contributed by atoms with Crippen LogP contribution in [0.2, 0.25) is 5.02 Å². The number of nitrogens with two attached hydrogens (primary N) is 1. The first-order valence-corrected chi connectivity index (χ1v) is 14.8. The number of fused-ring (bicyclic) bond motifs is 1. The standard InChI is InChI=1S/C25H34ClN7O2S/c1-15-14-33-24(29-25(15)28-19-11-18(27)12-19)13-22(30-33)23-6-4-5-9-32(23)16(2)20-10-17(26)7-8-21(20)31-36(3,34)35/h7-8,10,13-14,16,18-19,23,31H,4-6,9,11-12,27H2,1-3H3,(H,28,29)/t16?,18-,19+,23-/m0/s1. The lowest BCUT2D eigenvalue weighted by Crippen LogP contribution is -2.44. The number of likely N-dealkylation sites (tertiary alicyclic amines) is 1. The van der Waals surface area contributed by atoms with Crippen LogP contribution in [0.15, 0.2) is 30.5 Å². The Kier molecular flexibility index (Phi) is 6.88. The van der Waals surface area contributed by atoms with Crippen LogP contribution in [-0.2, 0) is 10.0 Å². The summed E-state index contributed by atoms with van der Waals surface area (Å²) in [5.74, 6) is 0.884. The third-order valence-electron chi connectivity index (χ3n) is 7.31. The minimum Gasteiger partial charge on any atom is -0.367 e. The number of aryl methyl sites for hydroxylation is 1. The highest BCUT2D eigenvalue weighted by Crippen LogP contribution is 2.40. The zero-order valence-corrected chi connectivity index (χ0v) is 22.5. The maximum atomic E-state index is 12.0. The van der Waals surface area contributed by atoms with E-state index < -0.39 is 10.0 Å². The largest absolute Gasteiger partial charge is 0.367 e. The molecule has 1 aliphatic heterocycles. The number of benzene rings is 1. The molecule has 1 unspecified atom stereocenters. The van der Waals surface area contributed by atoms with E-state index in [0.717, 1.165) is 73.2 Å². The van der Waals surface area contributed by atoms with Gasteiger partial charge in [-0.25, -0.2) is 17.9 Å². The van der Waals surface area contributed by atoms with Crippen LogP contribution in [-0.4, -0.2) is 52.8 Å². The van der Waals surface area contributed by atoms with Gasteiger partial charge in [0.1, 0.15) is 5.82 Å². The van der Waals surface area contributed by atoms with Crippen LogP contribution >= 0.6 is 11.6 Å². The quantitative estimate of drug-likeness (QED) is 0.417. The number of piperidine rings is 1. The maximum absolute atomic E-state index is 12.0. The number of hydrogen-bond donors (Lipinski definition) is 3. The van der Waals surface area contributed by atoms with Gasteiger partial charge in [-0.15, -0.1) is 0 Å². The molecule has 1 saturated heterocycles. The van der Waals surface area contributed by atoms with E-state index in [-0.39, 0.29) is 18.1 Å². The molecule has 36 heavy (non-hydrogen) atoms. The fourth-order valence-corrected chi connectivity index (χ4v) is 6.16. The van der Waals surface area contributed by atoms with Crippen molar-refractivity contribution in [3.05, 3.63) is 52.3 Å². The van der Waals surface area contributed by atoms with Gasteiger partial charge in [-0.05, 0) is 69.8 Å². The van der Waals surface area contributed by atoms with Crippen LogP contribution in [0.1, 0.15) is 67.9 Å². The summed E-state index contributed by atoms with van der Waals surface area (Å²) in [6, 6.07) is 8.02. The van der Waals surface area contributed by atoms with Gasteiger partial charge in [-0.3, -0.25) is 9.62 Å². The molecule has 194 valence electrons. The first kappa shape index (κ1) is 25.3. The fraction of sp³-hybridized carbons (Fsp3) is 0.520. The average molecular weight is 532 g/mol. The molecule has 0 amide bonds. The van der Waals surface area contributed by atoms with Crippen molar-refractivity contribution >= 4 is 38.8 Å². The topological polar surface area (TPSA) is 118 Å². The monoisotopic (exact) mass is 531 g/mol. The maximum Gasteiger partial charge on any atom is 0.229 e. The Labute approximate surface area is 217 Å². The normalized spacial score (nSPS) is 23.9. The van der Waals surface area contributed by atoms with E-state index in [9.17, 15) is 8.42 Å². The summed E-state index contributed by atoms with van der Waals surface area (Å²) in [6.45, 7) is 5.02. The zero-order valence-electron chi connectivity index (χ0n) is 20.9. The number of halogens is 1. The molecule has 0 spiro atoms. The second kappa shape index (κ2) is 9.81. The molecule has 2 atom stereocenters. The molecule has 4 N–H and O–H groups in total. The van der Waals surface area contributed by atoms with Crippen molar-refractivity contribution in [1.82, 2.24) is 19.5 Å². The van der Waals surface area contributed by atoms with Crippen molar-refractivity contribution in [3.63, 3.8) is 0 Å². The van der Waals surface area contributed by atoms with E-state index in [4.69, 9.17) is 27.4 Å². The Morgan fingerprint density at radius 3 is 2.72 bits per heavy atom. The van der Waals surface area contributed by atoms with Crippen LogP contribution in [0.5, 0.6) is 0 Å². The molecule has 11 heteroatoms. The average Bonchev–Trinajstić information content (AvgIpc) is 3.20. The van der Waals surface area contributed by atoms with Gasteiger partial charge in [0.25, 0.3) is 0 Å². The predicted octanol–water partition coefficient (Wildman–Crippen LogP) is 4.25. The van der Waals surface area contributed by atoms with E-state index in [1.165, 1.54) is 0 Å². The number of nitrogens with zero attached hydrogens (tertiary/aromatic N) is 4. The van der Waals surface area contributed by atoms with Crippen molar-refractivity contribution in [3.8, 4) is 0 Å². The minimum atomic E-state index is -3.43. The van der Waals surface area contributed by atoms with E-state index in [2.05, 4.69) is 27.9 Å². The van der Waals surface area contributed by atoms with Gasteiger partial charge in [-0.2, -0.15) is 5.10 Å². The molecule has 9 nitrogen and oxygen atoms in total. The molecule has 2 aromatic heterocycles. The summed E-state index contributed by atoms with van der Waals surface area (Å²) in [5.41, 5.74) is 10.2. The molecule has 3 heterocycles. The van der Waals surface area contributed by atoms with Crippen molar-refractivity contribution in [2.45, 2.75) is 70.1 Å². The minimum absolute atomic E-state index is 0.0715. The Morgan fingerprint density at radius 1 is 1.22 bits per heavy atom. The van der Waals surface area contributed by atoms with Gasteiger partial charge in [-0.1, -0.05) is 18.0 Å². The SMILES string of the molecule is Cc1cn2nc([C@@H]3CCCCN3C(C)c3cc(Cl)ccc3NS(C)(=O)=O)cc2nc1N[C@H]1C[C@@H](N)C1. The van der Waals surface area contributed by atoms with Crippen LogP contribution in [0.3, 0.4) is 0 Å². The second-order valence-corrected chi connectivity index (χ2v) is 12.4. The van der Waals surface area contributed by atoms with E-state index in [1.807, 2.05) is 23.7 Å². The molecule has 1 aliphatic carbocycles. The number of hydrogen-bond acceptors (Lipinski definition) is 7. The Hall–Kier alpha value is -2.40. The highest BCUT2D eigenvalue weighted by molar-refractivity contribution is 7.92. The molecule has 0 bridgehead atoms. The summed E-state index contributed by atoms with van der Waals surface area (Å²) in [7, 11) is -3.43. The number of aromatic nitrogens is 3. The highest BCUT2D eigenvalue weighted by Gasteiger charge is 2.32. The molecule has 5 rings (SSSR count).